The Morgan fingerprint density at radius 2 is 2.22 bits per heavy atom. The molecule has 0 amide bonds. The van der Waals surface area contributed by atoms with Crippen LogP contribution in [0.1, 0.15) is 19.4 Å². The van der Waals surface area contributed by atoms with Crippen molar-refractivity contribution < 1.29 is 18.9 Å². The summed E-state index contributed by atoms with van der Waals surface area (Å²) in [6.45, 7) is 5.48. The molecule has 1 heterocycles. The van der Waals surface area contributed by atoms with E-state index in [1.165, 1.54) is 0 Å². The van der Waals surface area contributed by atoms with Gasteiger partial charge in [0.1, 0.15) is 18.5 Å². The molecule has 0 aliphatic carbocycles. The molecule has 4 nitrogen and oxygen atoms in total. The van der Waals surface area contributed by atoms with Crippen LogP contribution in [0.15, 0.2) is 24.3 Å². The molecule has 1 atom stereocenters. The highest BCUT2D eigenvalue weighted by Gasteiger charge is 2.32. The molecule has 0 N–H and O–H groups in total. The van der Waals surface area contributed by atoms with Crippen LogP contribution in [0.3, 0.4) is 0 Å². The lowest BCUT2D eigenvalue weighted by Gasteiger charge is -2.17. The summed E-state index contributed by atoms with van der Waals surface area (Å²) in [4.78, 5) is 0. The van der Waals surface area contributed by atoms with Crippen LogP contribution in [-0.4, -0.2) is 32.2 Å². The Bertz CT molecular complexity index is 389. The molecular formula is C14H20O4. The maximum Gasteiger partial charge on any atom is 0.163 e. The van der Waals surface area contributed by atoms with Crippen molar-refractivity contribution in [2.24, 2.45) is 0 Å². The Hall–Kier alpha value is -1.10. The minimum Gasteiger partial charge on any atom is -0.491 e. The van der Waals surface area contributed by atoms with E-state index in [9.17, 15) is 0 Å². The smallest absolute Gasteiger partial charge is 0.163 e. The number of hydrogen-bond donors (Lipinski definition) is 0. The van der Waals surface area contributed by atoms with Crippen LogP contribution in [0.25, 0.3) is 0 Å². The normalized spacial score (nSPS) is 22.1. The second-order valence-corrected chi connectivity index (χ2v) is 4.84. The Labute approximate surface area is 108 Å². The van der Waals surface area contributed by atoms with Crippen LogP contribution in [0.4, 0.5) is 0 Å². The highest BCUT2D eigenvalue weighted by molar-refractivity contribution is 5.28. The van der Waals surface area contributed by atoms with Crippen molar-refractivity contribution in [2.45, 2.75) is 32.3 Å². The minimum atomic E-state index is -0.494. The molecule has 0 unspecified atom stereocenters. The lowest BCUT2D eigenvalue weighted by Crippen LogP contribution is -2.25. The molecule has 0 radical (unpaired) electrons. The molecule has 0 aromatic heterocycles. The molecule has 0 spiro atoms. The van der Waals surface area contributed by atoms with E-state index in [1.54, 1.807) is 7.11 Å². The second-order valence-electron chi connectivity index (χ2n) is 4.84. The average molecular weight is 252 g/mol. The third kappa shape index (κ3) is 3.70. The Balaban J connectivity index is 1.85. The van der Waals surface area contributed by atoms with Gasteiger partial charge in [0, 0.05) is 7.11 Å². The van der Waals surface area contributed by atoms with Crippen LogP contribution in [0, 0.1) is 0 Å². The topological polar surface area (TPSA) is 36.9 Å². The van der Waals surface area contributed by atoms with Crippen LogP contribution in [-0.2, 0) is 20.8 Å². The maximum atomic E-state index is 5.71. The summed E-state index contributed by atoms with van der Waals surface area (Å²) in [6.07, 6.45) is -0.00826. The van der Waals surface area contributed by atoms with Crippen molar-refractivity contribution in [1.29, 1.82) is 0 Å². The second kappa shape index (κ2) is 5.69. The summed E-state index contributed by atoms with van der Waals surface area (Å²) in [6, 6.07) is 7.87. The molecule has 1 aliphatic heterocycles. The fourth-order valence-corrected chi connectivity index (χ4v) is 1.93. The van der Waals surface area contributed by atoms with Gasteiger partial charge < -0.3 is 18.9 Å². The van der Waals surface area contributed by atoms with Crippen molar-refractivity contribution in [2.75, 3.05) is 20.3 Å². The van der Waals surface area contributed by atoms with E-state index >= 15 is 0 Å². The predicted molar refractivity (Wildman–Crippen MR) is 67.6 cm³/mol. The maximum absolute atomic E-state index is 5.71. The quantitative estimate of drug-likeness (QED) is 0.806. The zero-order valence-corrected chi connectivity index (χ0v) is 11.1. The molecule has 2 rings (SSSR count). The van der Waals surface area contributed by atoms with Crippen LogP contribution in [0.5, 0.6) is 5.75 Å². The average Bonchev–Trinajstić information content (AvgIpc) is 2.68. The van der Waals surface area contributed by atoms with Crippen LogP contribution < -0.4 is 4.74 Å². The van der Waals surface area contributed by atoms with Gasteiger partial charge in [-0.25, -0.2) is 0 Å². The highest BCUT2D eigenvalue weighted by atomic mass is 16.7. The SMILES string of the molecule is COCc1cccc(OC[C@H]2COC(C)(C)O2)c1. The molecule has 1 aromatic rings. The highest BCUT2D eigenvalue weighted by Crippen LogP contribution is 2.23. The van der Waals surface area contributed by atoms with Gasteiger partial charge in [0.05, 0.1) is 13.2 Å². The minimum absolute atomic E-state index is 0.00826. The Morgan fingerprint density at radius 3 is 2.89 bits per heavy atom. The van der Waals surface area contributed by atoms with Gasteiger partial charge in [0.2, 0.25) is 0 Å². The number of methoxy groups -OCH3 is 1. The molecule has 1 aromatic carbocycles. The first-order valence-electron chi connectivity index (χ1n) is 6.11. The number of benzene rings is 1. The summed E-state index contributed by atoms with van der Waals surface area (Å²) in [5.74, 6) is 0.337. The third-order valence-electron chi connectivity index (χ3n) is 2.71. The fraction of sp³-hybridized carbons (Fsp3) is 0.571. The monoisotopic (exact) mass is 252 g/mol. The number of rotatable bonds is 5. The number of ether oxygens (including phenoxy) is 4. The molecule has 1 saturated heterocycles. The standard InChI is InChI=1S/C14H20O4/c1-14(2)17-10-13(18-14)9-16-12-6-4-5-11(7-12)8-15-3/h4-7,13H,8-10H2,1-3H3/t13-/m0/s1. The van der Waals surface area contributed by atoms with Crippen molar-refractivity contribution in [1.82, 2.24) is 0 Å². The lowest BCUT2D eigenvalue weighted by molar-refractivity contribution is -0.141. The summed E-state index contributed by atoms with van der Waals surface area (Å²) in [7, 11) is 1.68. The van der Waals surface area contributed by atoms with E-state index < -0.39 is 5.79 Å². The molecule has 0 saturated carbocycles. The fourth-order valence-electron chi connectivity index (χ4n) is 1.93. The summed E-state index contributed by atoms with van der Waals surface area (Å²) >= 11 is 0. The van der Waals surface area contributed by atoms with E-state index in [2.05, 4.69) is 0 Å². The molecule has 1 fully saturated rings. The summed E-state index contributed by atoms with van der Waals surface area (Å²) in [5, 5.41) is 0. The molecule has 1 aliphatic rings. The first-order valence-corrected chi connectivity index (χ1v) is 6.11. The van der Waals surface area contributed by atoms with E-state index in [4.69, 9.17) is 18.9 Å². The summed E-state index contributed by atoms with van der Waals surface area (Å²) in [5.41, 5.74) is 1.10. The van der Waals surface area contributed by atoms with Crippen molar-refractivity contribution in [3.8, 4) is 5.75 Å². The molecule has 100 valence electrons. The molecule has 18 heavy (non-hydrogen) atoms. The van der Waals surface area contributed by atoms with Crippen molar-refractivity contribution in [3.63, 3.8) is 0 Å². The van der Waals surface area contributed by atoms with Gasteiger partial charge in [0.15, 0.2) is 5.79 Å². The first-order chi connectivity index (χ1) is 8.59. The molecule has 4 heteroatoms. The van der Waals surface area contributed by atoms with E-state index in [0.29, 0.717) is 19.8 Å². The zero-order valence-electron chi connectivity index (χ0n) is 11.1. The van der Waals surface area contributed by atoms with Gasteiger partial charge in [-0.15, -0.1) is 0 Å². The van der Waals surface area contributed by atoms with Crippen LogP contribution >= 0.6 is 0 Å². The zero-order chi connectivity index (χ0) is 13.0. The van der Waals surface area contributed by atoms with Gasteiger partial charge in [0.25, 0.3) is 0 Å². The Morgan fingerprint density at radius 1 is 1.39 bits per heavy atom. The summed E-state index contributed by atoms with van der Waals surface area (Å²) < 4.78 is 22.0. The van der Waals surface area contributed by atoms with Crippen molar-refractivity contribution >= 4 is 0 Å². The number of hydrogen-bond acceptors (Lipinski definition) is 4. The first kappa shape index (κ1) is 13.3. The van der Waals surface area contributed by atoms with Crippen LogP contribution in [0.2, 0.25) is 0 Å². The van der Waals surface area contributed by atoms with Gasteiger partial charge in [-0.2, -0.15) is 0 Å². The van der Waals surface area contributed by atoms with E-state index in [1.807, 2.05) is 38.1 Å². The molecular weight excluding hydrogens is 232 g/mol. The lowest BCUT2D eigenvalue weighted by atomic mass is 10.2. The van der Waals surface area contributed by atoms with Gasteiger partial charge >= 0.3 is 0 Å². The largest absolute Gasteiger partial charge is 0.491 e. The van der Waals surface area contributed by atoms with E-state index in [0.717, 1.165) is 11.3 Å². The Kier molecular flexibility index (Phi) is 4.22. The van der Waals surface area contributed by atoms with Gasteiger partial charge in [-0.3, -0.25) is 0 Å². The van der Waals surface area contributed by atoms with Gasteiger partial charge in [-0.05, 0) is 31.5 Å². The predicted octanol–water partition coefficient (Wildman–Crippen LogP) is 2.36. The van der Waals surface area contributed by atoms with Gasteiger partial charge in [-0.1, -0.05) is 12.1 Å². The van der Waals surface area contributed by atoms with Crippen molar-refractivity contribution in [3.05, 3.63) is 29.8 Å². The molecule has 0 bridgehead atoms. The van der Waals surface area contributed by atoms with E-state index in [-0.39, 0.29) is 6.10 Å². The third-order valence-corrected chi connectivity index (χ3v) is 2.71.